The smallest absolute Gasteiger partial charge is 0.149 e. The fourth-order valence-corrected chi connectivity index (χ4v) is 1.45. The van der Waals surface area contributed by atoms with Crippen LogP contribution < -0.4 is 0 Å². The van der Waals surface area contributed by atoms with E-state index in [0.29, 0.717) is 0 Å². The van der Waals surface area contributed by atoms with Gasteiger partial charge < -0.3 is 0 Å². The number of aldehydes is 1. The molecule has 13 heavy (non-hydrogen) atoms. The molecule has 0 heterocycles. The molecule has 0 atom stereocenters. The number of hydrogen-bond donors (Lipinski definition) is 0. The van der Waals surface area contributed by atoms with Gasteiger partial charge in [0.05, 0.1) is 0 Å². The van der Waals surface area contributed by atoms with Crippen LogP contribution in [-0.4, -0.2) is 6.29 Å². The minimum Gasteiger partial charge on any atom is -0.298 e. The maximum absolute atomic E-state index is 10.5. The van der Waals surface area contributed by atoms with Gasteiger partial charge in [-0.25, -0.2) is 0 Å². The van der Waals surface area contributed by atoms with Crippen LogP contribution in [0.1, 0.15) is 11.1 Å². The third-order valence-electron chi connectivity index (χ3n) is 2.20. The lowest BCUT2D eigenvalue weighted by Crippen LogP contribution is -1.84. The molecule has 0 saturated heterocycles. The van der Waals surface area contributed by atoms with Crippen molar-refractivity contribution >= 4 is 12.4 Å². The molecule has 0 aromatic heterocycles. The van der Waals surface area contributed by atoms with Crippen molar-refractivity contribution in [3.8, 4) is 0 Å². The zero-order valence-electron chi connectivity index (χ0n) is 7.23. The van der Waals surface area contributed by atoms with Gasteiger partial charge in [-0.05, 0) is 17.5 Å². The maximum Gasteiger partial charge on any atom is 0.149 e. The average Bonchev–Trinajstić information content (AvgIpc) is 2.39. The number of allylic oxidation sites excluding steroid dienone is 3. The summed E-state index contributed by atoms with van der Waals surface area (Å²) in [4.78, 5) is 10.5. The normalized spacial score (nSPS) is 14.3. The molecule has 2 rings (SSSR count). The Bertz CT molecular complexity index is 386. The van der Waals surface area contributed by atoms with E-state index >= 15 is 0 Å². The molecule has 0 saturated carbocycles. The van der Waals surface area contributed by atoms with E-state index in [9.17, 15) is 4.79 Å². The molecule has 1 aliphatic rings. The van der Waals surface area contributed by atoms with Crippen LogP contribution in [0.5, 0.6) is 0 Å². The lowest BCUT2D eigenvalue weighted by Gasteiger charge is -1.99. The summed E-state index contributed by atoms with van der Waals surface area (Å²) in [5.74, 6) is 0. The Morgan fingerprint density at radius 1 is 1.15 bits per heavy atom. The number of carbonyl (C=O) groups is 1. The molecule has 0 bridgehead atoms. The van der Waals surface area contributed by atoms with Crippen molar-refractivity contribution in [1.29, 1.82) is 0 Å². The molecule has 0 N–H and O–H groups in total. The van der Waals surface area contributed by atoms with E-state index in [1.165, 1.54) is 11.1 Å². The Labute approximate surface area is 77.4 Å². The largest absolute Gasteiger partial charge is 0.298 e. The molecule has 0 radical (unpaired) electrons. The standard InChI is InChI=1S/C12H10O/c13-9-10-5-7-11-3-1-2-4-12(11)8-6-10/h1-7,9H,8H2. The highest BCUT2D eigenvalue weighted by Crippen LogP contribution is 2.16. The topological polar surface area (TPSA) is 17.1 Å². The Morgan fingerprint density at radius 2 is 2.00 bits per heavy atom. The fraction of sp³-hybridized carbons (Fsp3) is 0.0833. The summed E-state index contributed by atoms with van der Waals surface area (Å²) in [6, 6.07) is 8.18. The molecule has 1 heteroatoms. The minimum absolute atomic E-state index is 0.760. The number of carbonyl (C=O) groups excluding carboxylic acids is 1. The highest BCUT2D eigenvalue weighted by molar-refractivity contribution is 5.81. The van der Waals surface area contributed by atoms with Gasteiger partial charge in [-0.1, -0.05) is 42.5 Å². The Balaban J connectivity index is 2.44. The predicted octanol–water partition coefficient (Wildman–Crippen LogP) is 2.38. The van der Waals surface area contributed by atoms with Gasteiger partial charge in [-0.2, -0.15) is 0 Å². The summed E-state index contributed by atoms with van der Waals surface area (Å²) in [7, 11) is 0. The van der Waals surface area contributed by atoms with Gasteiger partial charge in [-0.15, -0.1) is 0 Å². The molecule has 0 spiro atoms. The van der Waals surface area contributed by atoms with Crippen LogP contribution in [0.4, 0.5) is 0 Å². The van der Waals surface area contributed by atoms with Gasteiger partial charge in [0.2, 0.25) is 0 Å². The molecule has 64 valence electrons. The van der Waals surface area contributed by atoms with Crippen molar-refractivity contribution in [2.75, 3.05) is 0 Å². The molecule has 0 fully saturated rings. The first-order valence-corrected chi connectivity index (χ1v) is 4.31. The summed E-state index contributed by atoms with van der Waals surface area (Å²) >= 11 is 0. The van der Waals surface area contributed by atoms with Crippen molar-refractivity contribution in [2.45, 2.75) is 6.42 Å². The molecule has 0 aliphatic heterocycles. The van der Waals surface area contributed by atoms with E-state index in [0.717, 1.165) is 18.3 Å². The number of rotatable bonds is 1. The molecule has 1 aromatic carbocycles. The van der Waals surface area contributed by atoms with Gasteiger partial charge in [-0.3, -0.25) is 4.79 Å². The monoisotopic (exact) mass is 170 g/mol. The maximum atomic E-state index is 10.5. The summed E-state index contributed by atoms with van der Waals surface area (Å²) in [6.45, 7) is 0. The first-order valence-electron chi connectivity index (χ1n) is 4.31. The van der Waals surface area contributed by atoms with E-state index < -0.39 is 0 Å². The first-order chi connectivity index (χ1) is 6.40. The van der Waals surface area contributed by atoms with Crippen LogP contribution in [0, 0.1) is 0 Å². The van der Waals surface area contributed by atoms with Crippen molar-refractivity contribution < 1.29 is 4.79 Å². The van der Waals surface area contributed by atoms with E-state index in [4.69, 9.17) is 0 Å². The molecule has 1 nitrogen and oxygen atoms in total. The highest BCUT2D eigenvalue weighted by Gasteiger charge is 2.01. The minimum atomic E-state index is 0.760. The van der Waals surface area contributed by atoms with Crippen molar-refractivity contribution in [3.05, 3.63) is 53.1 Å². The summed E-state index contributed by atoms with van der Waals surface area (Å²) in [5, 5.41) is 0. The van der Waals surface area contributed by atoms with E-state index in [1.54, 1.807) is 0 Å². The van der Waals surface area contributed by atoms with Gasteiger partial charge in [0.25, 0.3) is 0 Å². The van der Waals surface area contributed by atoms with E-state index in [2.05, 4.69) is 12.1 Å². The quantitative estimate of drug-likeness (QED) is 0.591. The Kier molecular flexibility index (Phi) is 2.09. The van der Waals surface area contributed by atoms with Crippen LogP contribution in [-0.2, 0) is 11.2 Å². The number of benzene rings is 1. The predicted molar refractivity (Wildman–Crippen MR) is 53.3 cm³/mol. The Morgan fingerprint density at radius 3 is 2.85 bits per heavy atom. The Hall–Kier alpha value is -1.63. The number of fused-ring (bicyclic) bond motifs is 1. The lowest BCUT2D eigenvalue weighted by atomic mass is 10.1. The zero-order chi connectivity index (χ0) is 9.10. The molecule has 0 amide bonds. The van der Waals surface area contributed by atoms with Crippen LogP contribution >= 0.6 is 0 Å². The molecule has 1 aliphatic carbocycles. The lowest BCUT2D eigenvalue weighted by molar-refractivity contribution is -0.104. The van der Waals surface area contributed by atoms with Crippen LogP contribution in [0.2, 0.25) is 0 Å². The van der Waals surface area contributed by atoms with Crippen molar-refractivity contribution in [1.82, 2.24) is 0 Å². The summed E-state index contributed by atoms with van der Waals surface area (Å²) in [6.07, 6.45) is 7.54. The average molecular weight is 170 g/mol. The fourth-order valence-electron chi connectivity index (χ4n) is 1.45. The number of hydrogen-bond acceptors (Lipinski definition) is 1. The third-order valence-corrected chi connectivity index (χ3v) is 2.20. The third kappa shape index (κ3) is 1.59. The second kappa shape index (κ2) is 3.40. The van der Waals surface area contributed by atoms with E-state index in [-0.39, 0.29) is 0 Å². The summed E-state index contributed by atoms with van der Waals surface area (Å²) in [5.41, 5.74) is 3.24. The first kappa shape index (κ1) is 7.99. The van der Waals surface area contributed by atoms with Gasteiger partial charge in [0.1, 0.15) is 6.29 Å². The van der Waals surface area contributed by atoms with Crippen molar-refractivity contribution in [2.24, 2.45) is 0 Å². The van der Waals surface area contributed by atoms with Crippen LogP contribution in [0.3, 0.4) is 0 Å². The van der Waals surface area contributed by atoms with Gasteiger partial charge in [0.15, 0.2) is 0 Å². The van der Waals surface area contributed by atoms with Crippen molar-refractivity contribution in [3.63, 3.8) is 0 Å². The van der Waals surface area contributed by atoms with Gasteiger partial charge in [0, 0.05) is 5.57 Å². The second-order valence-corrected chi connectivity index (χ2v) is 3.06. The van der Waals surface area contributed by atoms with Crippen LogP contribution in [0.15, 0.2) is 42.0 Å². The second-order valence-electron chi connectivity index (χ2n) is 3.06. The van der Waals surface area contributed by atoms with Crippen LogP contribution in [0.25, 0.3) is 6.08 Å². The SMILES string of the molecule is O=CC1=CCc2ccccc2C=C1. The van der Waals surface area contributed by atoms with Gasteiger partial charge >= 0.3 is 0 Å². The summed E-state index contributed by atoms with van der Waals surface area (Å²) < 4.78 is 0. The molecular weight excluding hydrogens is 160 g/mol. The molecule has 0 unspecified atom stereocenters. The molecular formula is C12H10O. The van der Waals surface area contributed by atoms with E-state index in [1.807, 2.05) is 30.4 Å². The molecule has 1 aromatic rings. The zero-order valence-corrected chi connectivity index (χ0v) is 7.23. The highest BCUT2D eigenvalue weighted by atomic mass is 16.1.